The first-order valence-corrected chi connectivity index (χ1v) is 13.3. The van der Waals surface area contributed by atoms with E-state index in [2.05, 4.69) is 44.2 Å². The van der Waals surface area contributed by atoms with Crippen LogP contribution in [0.15, 0.2) is 35.9 Å². The fraction of sp³-hybridized carbons (Fsp3) is 0.667. The van der Waals surface area contributed by atoms with Gasteiger partial charge in [-0.05, 0) is 91.6 Å². The van der Waals surface area contributed by atoms with Crippen molar-refractivity contribution in [1.29, 1.82) is 0 Å². The van der Waals surface area contributed by atoms with Gasteiger partial charge in [-0.3, -0.25) is 9.59 Å². The van der Waals surface area contributed by atoms with Crippen molar-refractivity contribution in [2.75, 3.05) is 0 Å². The summed E-state index contributed by atoms with van der Waals surface area (Å²) in [7, 11) is 0. The minimum absolute atomic E-state index is 0.00555. The van der Waals surface area contributed by atoms with Gasteiger partial charge in [0.1, 0.15) is 12.2 Å². The molecule has 4 saturated carbocycles. The van der Waals surface area contributed by atoms with Gasteiger partial charge in [-0.15, -0.1) is 0 Å². The molecule has 0 aromatic heterocycles. The summed E-state index contributed by atoms with van der Waals surface area (Å²) in [5, 5.41) is 0. The highest BCUT2D eigenvalue weighted by Gasteiger charge is 2.62. The summed E-state index contributed by atoms with van der Waals surface area (Å²) in [4.78, 5) is 23.7. The largest absolute Gasteiger partial charge is 0.463 e. The molecule has 0 amide bonds. The Balaban J connectivity index is 1.42. The molecular weight excluding hydrogens is 424 g/mol. The Kier molecular flexibility index (Phi) is 6.14. The molecule has 4 aliphatic rings. The van der Waals surface area contributed by atoms with Crippen LogP contribution in [0.5, 0.6) is 0 Å². The predicted octanol–water partition coefficient (Wildman–Crippen LogP) is 6.59. The molecule has 5 rings (SSSR count). The number of fused-ring (bicyclic) bond motifs is 5. The third-order valence-electron chi connectivity index (χ3n) is 10.2. The molecule has 8 atom stereocenters. The van der Waals surface area contributed by atoms with Gasteiger partial charge in [0.15, 0.2) is 0 Å². The molecule has 0 radical (unpaired) electrons. The Labute approximate surface area is 204 Å². The van der Waals surface area contributed by atoms with E-state index in [1.807, 2.05) is 6.07 Å². The summed E-state index contributed by atoms with van der Waals surface area (Å²) < 4.78 is 11.7. The van der Waals surface area contributed by atoms with Crippen LogP contribution < -0.4 is 0 Å². The molecule has 0 heterocycles. The third-order valence-corrected chi connectivity index (χ3v) is 10.2. The lowest BCUT2D eigenvalue weighted by molar-refractivity contribution is -0.166. The molecule has 0 unspecified atom stereocenters. The molecular formula is C30H40O4. The van der Waals surface area contributed by atoms with Gasteiger partial charge in [-0.1, -0.05) is 50.3 Å². The predicted molar refractivity (Wildman–Crippen MR) is 133 cm³/mol. The van der Waals surface area contributed by atoms with E-state index >= 15 is 0 Å². The lowest BCUT2D eigenvalue weighted by atomic mass is 9.45. The summed E-state index contributed by atoms with van der Waals surface area (Å²) in [5.41, 5.74) is 2.81. The van der Waals surface area contributed by atoms with E-state index in [1.54, 1.807) is 6.92 Å². The molecule has 0 spiro atoms. The van der Waals surface area contributed by atoms with E-state index in [4.69, 9.17) is 9.47 Å². The Bertz CT molecular complexity index is 967. The van der Waals surface area contributed by atoms with E-state index in [0.29, 0.717) is 29.1 Å². The second-order valence-corrected chi connectivity index (χ2v) is 12.0. The van der Waals surface area contributed by atoms with Crippen LogP contribution in [0.1, 0.15) is 84.6 Å². The fourth-order valence-electron chi connectivity index (χ4n) is 8.68. The van der Waals surface area contributed by atoms with Gasteiger partial charge in [0.05, 0.1) is 0 Å². The van der Waals surface area contributed by atoms with Crippen molar-refractivity contribution in [2.24, 2.45) is 34.5 Å². The van der Waals surface area contributed by atoms with Crippen LogP contribution in [0.3, 0.4) is 0 Å². The quantitative estimate of drug-likeness (QED) is 0.474. The number of hydrogen-bond acceptors (Lipinski definition) is 4. The zero-order valence-electron chi connectivity index (χ0n) is 21.2. The lowest BCUT2D eigenvalue weighted by Crippen LogP contribution is -2.54. The Morgan fingerprint density at radius 1 is 0.882 bits per heavy atom. The maximum Gasteiger partial charge on any atom is 0.303 e. The zero-order chi connectivity index (χ0) is 24.1. The first-order chi connectivity index (χ1) is 16.2. The monoisotopic (exact) mass is 464 g/mol. The molecule has 1 aromatic rings. The van der Waals surface area contributed by atoms with Crippen molar-refractivity contribution in [3.8, 4) is 0 Å². The Morgan fingerprint density at radius 3 is 2.29 bits per heavy atom. The van der Waals surface area contributed by atoms with Gasteiger partial charge >= 0.3 is 11.9 Å². The molecule has 4 nitrogen and oxygen atoms in total. The first-order valence-electron chi connectivity index (χ1n) is 13.3. The van der Waals surface area contributed by atoms with Gasteiger partial charge in [0, 0.05) is 19.3 Å². The molecule has 34 heavy (non-hydrogen) atoms. The van der Waals surface area contributed by atoms with Gasteiger partial charge in [-0.25, -0.2) is 0 Å². The average Bonchev–Trinajstić information content (AvgIpc) is 3.05. The van der Waals surface area contributed by atoms with Crippen molar-refractivity contribution in [1.82, 2.24) is 0 Å². The Morgan fingerprint density at radius 2 is 1.59 bits per heavy atom. The van der Waals surface area contributed by atoms with Gasteiger partial charge in [-0.2, -0.15) is 0 Å². The summed E-state index contributed by atoms with van der Waals surface area (Å²) in [6, 6.07) is 10.5. The van der Waals surface area contributed by atoms with Crippen LogP contribution in [-0.2, 0) is 19.1 Å². The van der Waals surface area contributed by atoms with E-state index in [0.717, 1.165) is 32.1 Å². The van der Waals surface area contributed by atoms with Crippen molar-refractivity contribution < 1.29 is 19.1 Å². The van der Waals surface area contributed by atoms with E-state index < -0.39 is 0 Å². The third kappa shape index (κ3) is 4.01. The highest BCUT2D eigenvalue weighted by atomic mass is 16.5. The van der Waals surface area contributed by atoms with Crippen molar-refractivity contribution >= 4 is 18.0 Å². The number of ether oxygens (including phenoxy) is 2. The molecule has 0 N–H and O–H groups in total. The lowest BCUT2D eigenvalue weighted by Gasteiger charge is -2.60. The molecule has 1 aromatic carbocycles. The number of esters is 2. The van der Waals surface area contributed by atoms with Gasteiger partial charge < -0.3 is 9.47 Å². The van der Waals surface area contributed by atoms with Crippen LogP contribution in [0.25, 0.3) is 6.08 Å². The van der Waals surface area contributed by atoms with Crippen LogP contribution in [-0.4, -0.2) is 24.1 Å². The Hall–Kier alpha value is -2.10. The van der Waals surface area contributed by atoms with E-state index in [1.165, 1.54) is 37.3 Å². The minimum atomic E-state index is -0.174. The molecule has 4 fully saturated rings. The zero-order valence-corrected chi connectivity index (χ0v) is 21.2. The number of hydrogen-bond donors (Lipinski definition) is 0. The maximum absolute atomic E-state index is 12.2. The van der Waals surface area contributed by atoms with Gasteiger partial charge in [0.25, 0.3) is 0 Å². The molecule has 0 bridgehead atoms. The second kappa shape index (κ2) is 8.84. The summed E-state index contributed by atoms with van der Waals surface area (Å²) in [6.45, 7) is 8.00. The minimum Gasteiger partial charge on any atom is -0.463 e. The molecule has 4 aliphatic carbocycles. The number of carbonyl (C=O) groups excluding carboxylic acids is 2. The molecule has 4 heteroatoms. The SMILES string of the molecule is CC(=O)O[C@H]1CC[C@]2(C)[C@H](CC[C@H]3[C@H]2CC[C@@]2(C)[C@H](OC(C)=O)C(=Cc4ccccc4)C[C@@H]32)C1. The fourth-order valence-corrected chi connectivity index (χ4v) is 8.68. The molecule has 184 valence electrons. The number of carbonyl (C=O) groups is 2. The van der Waals surface area contributed by atoms with Gasteiger partial charge in [0.2, 0.25) is 0 Å². The van der Waals surface area contributed by atoms with Crippen molar-refractivity contribution in [3.05, 3.63) is 41.5 Å². The summed E-state index contributed by atoms with van der Waals surface area (Å²) in [5.74, 6) is 2.25. The maximum atomic E-state index is 12.2. The normalized spacial score (nSPS) is 42.3. The smallest absolute Gasteiger partial charge is 0.303 e. The van der Waals surface area contributed by atoms with Crippen molar-refractivity contribution in [3.63, 3.8) is 0 Å². The van der Waals surface area contributed by atoms with Crippen LogP contribution in [0.4, 0.5) is 0 Å². The van der Waals surface area contributed by atoms with E-state index in [9.17, 15) is 9.59 Å². The topological polar surface area (TPSA) is 52.6 Å². The summed E-state index contributed by atoms with van der Waals surface area (Å²) >= 11 is 0. The highest BCUT2D eigenvalue weighted by molar-refractivity contribution is 5.67. The molecule has 0 saturated heterocycles. The number of rotatable bonds is 3. The van der Waals surface area contributed by atoms with E-state index in [-0.39, 0.29) is 29.6 Å². The van der Waals surface area contributed by atoms with Crippen molar-refractivity contribution in [2.45, 2.75) is 91.3 Å². The highest BCUT2D eigenvalue weighted by Crippen LogP contribution is 2.67. The molecule has 0 aliphatic heterocycles. The van der Waals surface area contributed by atoms with Crippen LogP contribution in [0, 0.1) is 34.5 Å². The first kappa shape index (κ1) is 23.6. The summed E-state index contributed by atoms with van der Waals surface area (Å²) in [6.07, 6.45) is 11.2. The standard InChI is InChI=1S/C30H40O4/c1-19(31)33-24-12-14-29(3)23(18-24)10-11-25-26(29)13-15-30(4)27(25)17-22(28(30)34-20(2)32)16-21-8-6-5-7-9-21/h5-9,16,23-28H,10-15,17-18H2,1-4H3/t23-,24+,25+,26-,27+,28-,29-,30-/m1/s1. The second-order valence-electron chi connectivity index (χ2n) is 12.0. The van der Waals surface area contributed by atoms with Crippen LogP contribution in [0.2, 0.25) is 0 Å². The van der Waals surface area contributed by atoms with Crippen LogP contribution >= 0.6 is 0 Å². The average molecular weight is 465 g/mol. The number of benzene rings is 1.